The fourth-order valence-corrected chi connectivity index (χ4v) is 2.73. The Morgan fingerprint density at radius 3 is 2.23 bits per heavy atom. The molecule has 0 aliphatic heterocycles. The molecule has 0 bridgehead atoms. The average Bonchev–Trinajstić information content (AvgIpc) is 2.76. The van der Waals surface area contributed by atoms with Gasteiger partial charge in [0, 0.05) is 17.2 Å². The smallest absolute Gasteiger partial charge is 0.276 e. The van der Waals surface area contributed by atoms with Gasteiger partial charge in [-0.1, -0.05) is 48.5 Å². The number of carbonyl (C=O) groups is 1. The maximum absolute atomic E-state index is 13.6. The highest BCUT2D eigenvalue weighted by Crippen LogP contribution is 2.24. The topological polar surface area (TPSA) is 69.4 Å². The van der Waals surface area contributed by atoms with Crippen molar-refractivity contribution < 1.29 is 18.8 Å². The highest BCUT2D eigenvalue weighted by atomic mass is 19.1. The van der Waals surface area contributed by atoms with Crippen LogP contribution in [0.25, 0.3) is 12.2 Å². The van der Waals surface area contributed by atoms with Crippen LogP contribution in [0.2, 0.25) is 0 Å². The number of hydrogen-bond donors (Lipinski definition) is 0. The van der Waals surface area contributed by atoms with Crippen molar-refractivity contribution in [3.05, 3.63) is 118 Å². The molecule has 0 aromatic heterocycles. The molecule has 0 aliphatic carbocycles. The largest absolute Gasteiger partial charge is 0.488 e. The minimum Gasteiger partial charge on any atom is -0.488 e. The Bertz CT molecular complexity index is 1120. The van der Waals surface area contributed by atoms with Gasteiger partial charge in [0.2, 0.25) is 0 Å². The predicted octanol–water partition coefficient (Wildman–Crippen LogP) is 5.61. The molecule has 0 aliphatic rings. The highest BCUT2D eigenvalue weighted by molar-refractivity contribution is 6.04. The van der Waals surface area contributed by atoms with Crippen molar-refractivity contribution in [2.75, 3.05) is 0 Å². The first kappa shape index (κ1) is 20.7. The van der Waals surface area contributed by atoms with Crippen molar-refractivity contribution in [1.29, 1.82) is 0 Å². The van der Waals surface area contributed by atoms with E-state index in [1.165, 1.54) is 30.4 Å². The van der Waals surface area contributed by atoms with Crippen LogP contribution in [0.3, 0.4) is 0 Å². The Balaban J connectivity index is 1.70. The molecule has 0 heterocycles. The van der Waals surface area contributed by atoms with Gasteiger partial charge < -0.3 is 4.74 Å². The molecule has 0 spiro atoms. The van der Waals surface area contributed by atoms with Crippen molar-refractivity contribution in [3.63, 3.8) is 0 Å². The number of para-hydroxylation sites is 2. The Hall–Kier alpha value is -4.06. The number of ether oxygens (including phenoxy) is 1. The van der Waals surface area contributed by atoms with E-state index < -0.39 is 10.7 Å². The van der Waals surface area contributed by atoms with Crippen LogP contribution in [0.1, 0.15) is 16.7 Å². The average molecular weight is 403 g/mol. The Morgan fingerprint density at radius 1 is 0.900 bits per heavy atom. The molecule has 3 aromatic rings. The summed E-state index contributed by atoms with van der Waals surface area (Å²) >= 11 is 0. The second-order valence-electron chi connectivity index (χ2n) is 6.30. The number of halogens is 1. The van der Waals surface area contributed by atoms with Crippen LogP contribution in [0.5, 0.6) is 5.75 Å². The molecule has 30 heavy (non-hydrogen) atoms. The summed E-state index contributed by atoms with van der Waals surface area (Å²) in [5.41, 5.74) is 1.40. The zero-order valence-corrected chi connectivity index (χ0v) is 15.9. The van der Waals surface area contributed by atoms with Crippen LogP contribution in [-0.4, -0.2) is 10.7 Å². The fraction of sp³-hybridized carbons (Fsp3) is 0.0417. The third-order valence-corrected chi connectivity index (χ3v) is 4.25. The first-order chi connectivity index (χ1) is 14.5. The van der Waals surface area contributed by atoms with Crippen LogP contribution in [0, 0.1) is 15.9 Å². The van der Waals surface area contributed by atoms with Gasteiger partial charge in [-0.2, -0.15) is 0 Å². The lowest BCUT2D eigenvalue weighted by molar-refractivity contribution is -0.385. The Kier molecular flexibility index (Phi) is 6.84. The van der Waals surface area contributed by atoms with Crippen molar-refractivity contribution in [3.8, 4) is 5.75 Å². The number of nitro groups is 1. The molecular weight excluding hydrogens is 385 g/mol. The number of ketones is 1. The molecule has 3 rings (SSSR count). The molecule has 0 saturated carbocycles. The third kappa shape index (κ3) is 5.48. The van der Waals surface area contributed by atoms with E-state index in [-0.39, 0.29) is 18.1 Å². The van der Waals surface area contributed by atoms with E-state index in [4.69, 9.17) is 4.74 Å². The SMILES string of the molecule is O=C(/C=C/c1ccccc1F)/C=C/c1ccccc1OCc1ccccc1[N+](=O)[O-]. The molecule has 0 saturated heterocycles. The summed E-state index contributed by atoms with van der Waals surface area (Å²) in [6.45, 7) is 0.0170. The Labute approximate surface area is 172 Å². The van der Waals surface area contributed by atoms with Gasteiger partial charge in [-0.25, -0.2) is 4.39 Å². The lowest BCUT2D eigenvalue weighted by Gasteiger charge is -2.09. The van der Waals surface area contributed by atoms with Gasteiger partial charge in [0.1, 0.15) is 18.2 Å². The first-order valence-electron chi connectivity index (χ1n) is 9.13. The molecule has 6 heteroatoms. The number of benzene rings is 3. The summed E-state index contributed by atoms with van der Waals surface area (Å²) in [6.07, 6.45) is 5.64. The maximum atomic E-state index is 13.6. The zero-order valence-electron chi connectivity index (χ0n) is 15.9. The molecule has 0 atom stereocenters. The van der Waals surface area contributed by atoms with Gasteiger partial charge >= 0.3 is 0 Å². The van der Waals surface area contributed by atoms with Gasteiger partial charge in [0.15, 0.2) is 5.78 Å². The number of rotatable bonds is 8. The summed E-state index contributed by atoms with van der Waals surface area (Å²) in [5, 5.41) is 11.1. The van der Waals surface area contributed by atoms with E-state index in [1.807, 2.05) is 0 Å². The third-order valence-electron chi connectivity index (χ3n) is 4.25. The monoisotopic (exact) mass is 403 g/mol. The number of nitro benzene ring substituents is 1. The first-order valence-corrected chi connectivity index (χ1v) is 9.13. The number of allylic oxidation sites excluding steroid dienone is 2. The molecule has 5 nitrogen and oxygen atoms in total. The minimum absolute atomic E-state index is 0.0148. The van der Waals surface area contributed by atoms with Crippen molar-refractivity contribution in [1.82, 2.24) is 0 Å². The molecule has 0 radical (unpaired) electrons. The van der Waals surface area contributed by atoms with Crippen LogP contribution in [0.15, 0.2) is 84.9 Å². The summed E-state index contributed by atoms with van der Waals surface area (Å²) in [7, 11) is 0. The van der Waals surface area contributed by atoms with Crippen molar-refractivity contribution in [2.45, 2.75) is 6.61 Å². The van der Waals surface area contributed by atoms with Crippen LogP contribution >= 0.6 is 0 Å². The van der Waals surface area contributed by atoms with Gasteiger partial charge in [-0.3, -0.25) is 14.9 Å². The standard InChI is InChI=1S/C24H18FNO4/c25-22-10-4-1-7-18(22)13-15-21(27)16-14-19-8-3-6-12-24(19)30-17-20-9-2-5-11-23(20)26(28)29/h1-16H,17H2/b15-13+,16-14+. The molecule has 0 amide bonds. The minimum atomic E-state index is -0.453. The number of carbonyl (C=O) groups excluding carboxylic acids is 1. The van der Waals surface area contributed by atoms with E-state index in [2.05, 4.69) is 0 Å². The lowest BCUT2D eigenvalue weighted by Crippen LogP contribution is -2.01. The van der Waals surface area contributed by atoms with E-state index in [0.717, 1.165) is 0 Å². The van der Waals surface area contributed by atoms with Crippen LogP contribution < -0.4 is 4.74 Å². The fourth-order valence-electron chi connectivity index (χ4n) is 2.73. The summed E-state index contributed by atoms with van der Waals surface area (Å²) in [4.78, 5) is 22.8. The molecule has 0 fully saturated rings. The summed E-state index contributed by atoms with van der Waals surface area (Å²) < 4.78 is 19.4. The van der Waals surface area contributed by atoms with Gasteiger partial charge in [-0.15, -0.1) is 0 Å². The van der Waals surface area contributed by atoms with Crippen LogP contribution in [-0.2, 0) is 11.4 Å². The van der Waals surface area contributed by atoms with E-state index in [9.17, 15) is 19.3 Å². The van der Waals surface area contributed by atoms with Gasteiger partial charge in [-0.05, 0) is 42.5 Å². The molecule has 150 valence electrons. The van der Waals surface area contributed by atoms with Gasteiger partial charge in [0.25, 0.3) is 5.69 Å². The molecular formula is C24H18FNO4. The molecule has 3 aromatic carbocycles. The molecule has 0 N–H and O–H groups in total. The Morgan fingerprint density at radius 2 is 1.50 bits per heavy atom. The lowest BCUT2D eigenvalue weighted by atomic mass is 10.1. The zero-order chi connectivity index (χ0) is 21.3. The second-order valence-corrected chi connectivity index (χ2v) is 6.30. The summed E-state index contributed by atoms with van der Waals surface area (Å²) in [6, 6.07) is 19.6. The van der Waals surface area contributed by atoms with E-state index >= 15 is 0 Å². The highest BCUT2D eigenvalue weighted by Gasteiger charge is 2.13. The molecule has 0 unspecified atom stereocenters. The van der Waals surface area contributed by atoms with Crippen molar-refractivity contribution >= 4 is 23.6 Å². The second kappa shape index (κ2) is 9.93. The van der Waals surface area contributed by atoms with Gasteiger partial charge in [0.05, 0.1) is 10.5 Å². The quantitative estimate of drug-likeness (QED) is 0.279. The van der Waals surface area contributed by atoms with Crippen molar-refractivity contribution in [2.24, 2.45) is 0 Å². The summed E-state index contributed by atoms with van der Waals surface area (Å²) in [5.74, 6) is -0.233. The normalized spacial score (nSPS) is 11.1. The van der Waals surface area contributed by atoms with E-state index in [1.54, 1.807) is 66.7 Å². The predicted molar refractivity (Wildman–Crippen MR) is 113 cm³/mol. The van der Waals surface area contributed by atoms with E-state index in [0.29, 0.717) is 22.4 Å². The number of hydrogen-bond acceptors (Lipinski definition) is 4. The maximum Gasteiger partial charge on any atom is 0.276 e. The van der Waals surface area contributed by atoms with Crippen LogP contribution in [0.4, 0.5) is 10.1 Å². The number of nitrogens with zero attached hydrogens (tertiary/aromatic N) is 1.